The summed E-state index contributed by atoms with van der Waals surface area (Å²) < 4.78 is 9.30. The molecule has 0 spiro atoms. The highest BCUT2D eigenvalue weighted by Crippen LogP contribution is 2.26. The van der Waals surface area contributed by atoms with E-state index in [2.05, 4.69) is 28.7 Å². The topological polar surface area (TPSA) is 51.2 Å². The van der Waals surface area contributed by atoms with E-state index in [0.29, 0.717) is 24.4 Å². The maximum Gasteiger partial charge on any atom is 0.343 e. The first-order valence-electron chi connectivity index (χ1n) is 6.55. The van der Waals surface area contributed by atoms with Gasteiger partial charge in [-0.15, -0.1) is 0 Å². The molecule has 0 unspecified atom stereocenters. The SMILES string of the molecule is CCOC(=O)c1c(C)nsc1NCc1ccccc1C. The Bertz CT molecular complexity index is 608. The molecule has 5 heteroatoms. The van der Waals surface area contributed by atoms with Gasteiger partial charge in [0.2, 0.25) is 0 Å². The Kier molecular flexibility index (Phi) is 4.74. The summed E-state index contributed by atoms with van der Waals surface area (Å²) >= 11 is 1.29. The van der Waals surface area contributed by atoms with E-state index in [-0.39, 0.29) is 5.97 Å². The number of carbonyl (C=O) groups is 1. The maximum atomic E-state index is 11.9. The van der Waals surface area contributed by atoms with E-state index in [1.165, 1.54) is 22.7 Å². The number of aromatic nitrogens is 1. The Morgan fingerprint density at radius 2 is 2.10 bits per heavy atom. The summed E-state index contributed by atoms with van der Waals surface area (Å²) in [5.74, 6) is -0.314. The van der Waals surface area contributed by atoms with Gasteiger partial charge in [0, 0.05) is 6.54 Å². The monoisotopic (exact) mass is 290 g/mol. The van der Waals surface area contributed by atoms with Gasteiger partial charge >= 0.3 is 5.97 Å². The largest absolute Gasteiger partial charge is 0.462 e. The van der Waals surface area contributed by atoms with Crippen LogP contribution in [0, 0.1) is 13.8 Å². The number of carbonyl (C=O) groups excluding carboxylic acids is 1. The number of ether oxygens (including phenoxy) is 1. The first-order valence-corrected chi connectivity index (χ1v) is 7.32. The lowest BCUT2D eigenvalue weighted by atomic mass is 10.1. The Labute approximate surface area is 123 Å². The number of anilines is 1. The molecule has 1 N–H and O–H groups in total. The lowest BCUT2D eigenvalue weighted by Gasteiger charge is -2.09. The van der Waals surface area contributed by atoms with E-state index in [4.69, 9.17) is 4.74 Å². The first kappa shape index (κ1) is 14.5. The van der Waals surface area contributed by atoms with E-state index in [0.717, 1.165) is 5.00 Å². The number of benzene rings is 1. The molecule has 4 nitrogen and oxygen atoms in total. The van der Waals surface area contributed by atoms with Crippen molar-refractivity contribution in [2.75, 3.05) is 11.9 Å². The number of rotatable bonds is 5. The van der Waals surface area contributed by atoms with Crippen LogP contribution in [0.3, 0.4) is 0 Å². The molecule has 2 rings (SSSR count). The van der Waals surface area contributed by atoms with Gasteiger partial charge in [0.1, 0.15) is 10.6 Å². The predicted molar refractivity (Wildman–Crippen MR) is 81.3 cm³/mol. The fourth-order valence-corrected chi connectivity index (χ4v) is 2.70. The predicted octanol–water partition coefficient (Wildman–Crippen LogP) is 3.55. The third-order valence-electron chi connectivity index (χ3n) is 3.04. The number of hydrogen-bond donors (Lipinski definition) is 1. The van der Waals surface area contributed by atoms with Crippen LogP contribution in [0.5, 0.6) is 0 Å². The molecule has 0 bridgehead atoms. The van der Waals surface area contributed by atoms with E-state index in [1.54, 1.807) is 6.92 Å². The van der Waals surface area contributed by atoms with Gasteiger partial charge in [-0.05, 0) is 43.4 Å². The van der Waals surface area contributed by atoms with Gasteiger partial charge < -0.3 is 10.1 Å². The summed E-state index contributed by atoms with van der Waals surface area (Å²) in [7, 11) is 0. The lowest BCUT2D eigenvalue weighted by Crippen LogP contribution is -2.09. The normalized spacial score (nSPS) is 10.3. The minimum atomic E-state index is -0.314. The van der Waals surface area contributed by atoms with Crippen molar-refractivity contribution >= 4 is 22.5 Å². The van der Waals surface area contributed by atoms with Crippen LogP contribution < -0.4 is 5.32 Å². The molecule has 0 atom stereocenters. The number of nitrogens with zero attached hydrogens (tertiary/aromatic N) is 1. The highest BCUT2D eigenvalue weighted by Gasteiger charge is 2.19. The van der Waals surface area contributed by atoms with Crippen molar-refractivity contribution in [3.05, 3.63) is 46.6 Å². The van der Waals surface area contributed by atoms with Gasteiger partial charge in [0.05, 0.1) is 12.3 Å². The van der Waals surface area contributed by atoms with Crippen molar-refractivity contribution in [2.45, 2.75) is 27.3 Å². The number of esters is 1. The van der Waals surface area contributed by atoms with Crippen LogP contribution in [0.15, 0.2) is 24.3 Å². The third kappa shape index (κ3) is 3.17. The molecular weight excluding hydrogens is 272 g/mol. The lowest BCUT2D eigenvalue weighted by molar-refractivity contribution is 0.0527. The summed E-state index contributed by atoms with van der Waals surface area (Å²) in [6, 6.07) is 8.16. The summed E-state index contributed by atoms with van der Waals surface area (Å²) in [5.41, 5.74) is 3.68. The van der Waals surface area contributed by atoms with Crippen molar-refractivity contribution < 1.29 is 9.53 Å². The van der Waals surface area contributed by atoms with Crippen molar-refractivity contribution in [3.8, 4) is 0 Å². The Morgan fingerprint density at radius 1 is 1.35 bits per heavy atom. The molecule has 0 radical (unpaired) electrons. The second kappa shape index (κ2) is 6.52. The Morgan fingerprint density at radius 3 is 2.80 bits per heavy atom. The summed E-state index contributed by atoms with van der Waals surface area (Å²) in [6.07, 6.45) is 0. The second-order valence-electron chi connectivity index (χ2n) is 4.47. The van der Waals surface area contributed by atoms with E-state index < -0.39 is 0 Å². The molecule has 1 aromatic heterocycles. The quantitative estimate of drug-likeness (QED) is 0.856. The molecule has 20 heavy (non-hydrogen) atoms. The highest BCUT2D eigenvalue weighted by atomic mass is 32.1. The van der Waals surface area contributed by atoms with Crippen LogP contribution in [0.4, 0.5) is 5.00 Å². The molecule has 0 fully saturated rings. The smallest absolute Gasteiger partial charge is 0.343 e. The fourth-order valence-electron chi connectivity index (χ4n) is 1.92. The van der Waals surface area contributed by atoms with Gasteiger partial charge in [0.15, 0.2) is 0 Å². The van der Waals surface area contributed by atoms with Gasteiger partial charge in [-0.3, -0.25) is 0 Å². The molecule has 0 aliphatic rings. The zero-order chi connectivity index (χ0) is 14.5. The molecule has 0 amide bonds. The molecular formula is C15H18N2O2S. The summed E-state index contributed by atoms with van der Waals surface area (Å²) in [6.45, 7) is 6.72. The van der Waals surface area contributed by atoms with Gasteiger partial charge in [0.25, 0.3) is 0 Å². The van der Waals surface area contributed by atoms with E-state index in [1.807, 2.05) is 19.1 Å². The van der Waals surface area contributed by atoms with Crippen LogP contribution >= 0.6 is 11.5 Å². The molecule has 2 aromatic rings. The van der Waals surface area contributed by atoms with Crippen LogP contribution in [0.25, 0.3) is 0 Å². The zero-order valence-electron chi connectivity index (χ0n) is 11.9. The first-order chi connectivity index (χ1) is 9.63. The molecule has 1 heterocycles. The van der Waals surface area contributed by atoms with Crippen LogP contribution in [0.1, 0.15) is 34.1 Å². The average Bonchev–Trinajstić information content (AvgIpc) is 2.79. The summed E-state index contributed by atoms with van der Waals surface area (Å²) in [5, 5.41) is 4.05. The van der Waals surface area contributed by atoms with Crippen molar-refractivity contribution in [3.63, 3.8) is 0 Å². The molecule has 0 saturated heterocycles. The van der Waals surface area contributed by atoms with E-state index >= 15 is 0 Å². The van der Waals surface area contributed by atoms with Crippen LogP contribution in [-0.2, 0) is 11.3 Å². The Balaban J connectivity index is 2.14. The van der Waals surface area contributed by atoms with Gasteiger partial charge in [-0.25, -0.2) is 4.79 Å². The molecule has 106 valence electrons. The van der Waals surface area contributed by atoms with Gasteiger partial charge in [-0.1, -0.05) is 24.3 Å². The fraction of sp³-hybridized carbons (Fsp3) is 0.333. The van der Waals surface area contributed by atoms with Crippen LogP contribution in [-0.4, -0.2) is 16.9 Å². The minimum Gasteiger partial charge on any atom is -0.462 e. The molecule has 1 aromatic carbocycles. The minimum absolute atomic E-state index is 0.314. The van der Waals surface area contributed by atoms with Crippen molar-refractivity contribution in [2.24, 2.45) is 0 Å². The van der Waals surface area contributed by atoms with Gasteiger partial charge in [-0.2, -0.15) is 4.37 Å². The second-order valence-corrected chi connectivity index (χ2v) is 5.25. The number of nitrogens with one attached hydrogen (secondary N) is 1. The number of hydrogen-bond acceptors (Lipinski definition) is 5. The van der Waals surface area contributed by atoms with Crippen molar-refractivity contribution in [1.29, 1.82) is 0 Å². The summed E-state index contributed by atoms with van der Waals surface area (Å²) in [4.78, 5) is 11.9. The zero-order valence-corrected chi connectivity index (χ0v) is 12.7. The third-order valence-corrected chi connectivity index (χ3v) is 3.94. The van der Waals surface area contributed by atoms with E-state index in [9.17, 15) is 4.79 Å². The Hall–Kier alpha value is -1.88. The maximum absolute atomic E-state index is 11.9. The van der Waals surface area contributed by atoms with Crippen LogP contribution in [0.2, 0.25) is 0 Å². The average molecular weight is 290 g/mol. The molecule has 0 aliphatic carbocycles. The standard InChI is InChI=1S/C15H18N2O2S/c1-4-19-15(18)13-11(3)17-20-14(13)16-9-12-8-6-5-7-10(12)2/h5-8,16H,4,9H2,1-3H3. The highest BCUT2D eigenvalue weighted by molar-refractivity contribution is 7.10. The number of aryl methyl sites for hydroxylation is 2. The molecule has 0 aliphatic heterocycles. The van der Waals surface area contributed by atoms with Crippen molar-refractivity contribution in [1.82, 2.24) is 4.37 Å². The molecule has 0 saturated carbocycles.